The molecule has 0 saturated carbocycles. The zero-order chi connectivity index (χ0) is 8.97. The van der Waals surface area contributed by atoms with Gasteiger partial charge in [-0.2, -0.15) is 0 Å². The molecule has 0 bridgehead atoms. The predicted octanol–water partition coefficient (Wildman–Crippen LogP) is 2.68. The Morgan fingerprint density at radius 3 is 2.83 bits per heavy atom. The van der Waals surface area contributed by atoms with Crippen LogP contribution in [0, 0.1) is 0 Å². The average Bonchev–Trinajstić information content (AvgIpc) is 2.05. The molecule has 0 atom stereocenters. The Morgan fingerprint density at radius 1 is 1.50 bits per heavy atom. The minimum absolute atomic E-state index is 0.696. The van der Waals surface area contributed by atoms with Gasteiger partial charge in [-0.05, 0) is 32.1 Å². The van der Waals surface area contributed by atoms with Crippen molar-refractivity contribution in [3.05, 3.63) is 23.6 Å². The summed E-state index contributed by atoms with van der Waals surface area (Å²) in [7, 11) is 0. The van der Waals surface area contributed by atoms with Crippen LogP contribution in [0.4, 0.5) is 0 Å². The van der Waals surface area contributed by atoms with Crippen molar-refractivity contribution in [2.75, 3.05) is 6.61 Å². The van der Waals surface area contributed by atoms with Crippen molar-refractivity contribution >= 4 is 6.72 Å². The van der Waals surface area contributed by atoms with Crippen LogP contribution in [0.25, 0.3) is 0 Å². The molecule has 0 aromatic heterocycles. The first-order chi connectivity index (χ1) is 5.79. The molecule has 0 spiro atoms. The van der Waals surface area contributed by atoms with Crippen LogP contribution in [-0.2, 0) is 4.74 Å². The topological polar surface area (TPSA) is 21.6 Å². The highest BCUT2D eigenvalue weighted by Crippen LogP contribution is 2.29. The van der Waals surface area contributed by atoms with Crippen LogP contribution in [0.15, 0.2) is 28.6 Å². The number of aliphatic imine (C=N–C) groups is 1. The summed E-state index contributed by atoms with van der Waals surface area (Å²) < 4.78 is 5.44. The molecule has 0 fully saturated rings. The van der Waals surface area contributed by atoms with Crippen molar-refractivity contribution in [2.45, 2.75) is 26.2 Å². The smallest absolute Gasteiger partial charge is 0.122 e. The Balaban J connectivity index is 2.86. The third-order valence-corrected chi connectivity index (χ3v) is 1.96. The molecule has 0 radical (unpaired) electrons. The van der Waals surface area contributed by atoms with E-state index in [0.29, 0.717) is 6.61 Å². The van der Waals surface area contributed by atoms with Gasteiger partial charge in [0.1, 0.15) is 11.5 Å². The summed E-state index contributed by atoms with van der Waals surface area (Å²) in [6.07, 6.45) is 3.11. The molecule has 0 amide bonds. The average molecular weight is 165 g/mol. The molecular formula is C10H15NO. The van der Waals surface area contributed by atoms with E-state index in [2.05, 4.69) is 18.3 Å². The molecule has 0 unspecified atom stereocenters. The van der Waals surface area contributed by atoms with E-state index in [1.165, 1.54) is 0 Å². The SMILES string of the molecule is C=NC1=C(OCC)CCCC1=C. The van der Waals surface area contributed by atoms with Crippen molar-refractivity contribution in [1.29, 1.82) is 0 Å². The van der Waals surface area contributed by atoms with Crippen molar-refractivity contribution in [3.63, 3.8) is 0 Å². The normalized spacial score (nSPS) is 17.9. The summed E-state index contributed by atoms with van der Waals surface area (Å²) in [6, 6.07) is 0. The Morgan fingerprint density at radius 2 is 2.25 bits per heavy atom. The second-order valence-corrected chi connectivity index (χ2v) is 2.82. The first kappa shape index (κ1) is 9.04. The van der Waals surface area contributed by atoms with Gasteiger partial charge in [0.05, 0.1) is 6.61 Å². The van der Waals surface area contributed by atoms with E-state index in [0.717, 1.165) is 36.3 Å². The van der Waals surface area contributed by atoms with E-state index in [1.54, 1.807) is 0 Å². The summed E-state index contributed by atoms with van der Waals surface area (Å²) in [5.74, 6) is 0.962. The van der Waals surface area contributed by atoms with Crippen molar-refractivity contribution in [2.24, 2.45) is 4.99 Å². The third-order valence-electron chi connectivity index (χ3n) is 1.96. The van der Waals surface area contributed by atoms with E-state index in [1.807, 2.05) is 6.92 Å². The molecule has 0 N–H and O–H groups in total. The molecule has 0 heterocycles. The number of nitrogens with zero attached hydrogens (tertiary/aromatic N) is 1. The molecule has 12 heavy (non-hydrogen) atoms. The minimum atomic E-state index is 0.696. The van der Waals surface area contributed by atoms with Crippen LogP contribution in [0.1, 0.15) is 26.2 Å². The standard InChI is InChI=1S/C10H15NO/c1-4-12-9-7-5-6-8(2)10(9)11-3/h2-7H2,1H3. The van der Waals surface area contributed by atoms with E-state index >= 15 is 0 Å². The first-order valence-corrected chi connectivity index (χ1v) is 4.30. The fourth-order valence-corrected chi connectivity index (χ4v) is 1.41. The van der Waals surface area contributed by atoms with E-state index in [4.69, 9.17) is 4.74 Å². The lowest BCUT2D eigenvalue weighted by Gasteiger charge is -2.18. The summed E-state index contributed by atoms with van der Waals surface area (Å²) >= 11 is 0. The number of rotatable bonds is 3. The van der Waals surface area contributed by atoms with Gasteiger partial charge in [-0.15, -0.1) is 0 Å². The lowest BCUT2D eigenvalue weighted by Crippen LogP contribution is -2.04. The highest BCUT2D eigenvalue weighted by Gasteiger charge is 2.15. The number of hydrogen-bond donors (Lipinski definition) is 0. The number of ether oxygens (including phenoxy) is 1. The summed E-state index contributed by atoms with van der Waals surface area (Å²) in [5.41, 5.74) is 1.93. The molecule has 1 rings (SSSR count). The number of hydrogen-bond acceptors (Lipinski definition) is 2. The van der Waals surface area contributed by atoms with Crippen LogP contribution in [0.2, 0.25) is 0 Å². The summed E-state index contributed by atoms with van der Waals surface area (Å²) in [6.45, 7) is 10.1. The largest absolute Gasteiger partial charge is 0.496 e. The minimum Gasteiger partial charge on any atom is -0.496 e. The molecular weight excluding hydrogens is 150 g/mol. The maximum absolute atomic E-state index is 5.44. The van der Waals surface area contributed by atoms with Gasteiger partial charge in [-0.25, -0.2) is 0 Å². The van der Waals surface area contributed by atoms with Gasteiger partial charge >= 0.3 is 0 Å². The van der Waals surface area contributed by atoms with Gasteiger partial charge in [0, 0.05) is 6.42 Å². The van der Waals surface area contributed by atoms with E-state index < -0.39 is 0 Å². The Kier molecular flexibility index (Phi) is 3.09. The Labute approximate surface area is 73.6 Å². The van der Waals surface area contributed by atoms with Crippen LogP contribution in [0.3, 0.4) is 0 Å². The number of allylic oxidation sites excluding steroid dienone is 2. The molecule has 0 aromatic carbocycles. The molecule has 0 aliphatic heterocycles. The Bertz CT molecular complexity index is 228. The molecule has 66 valence electrons. The quantitative estimate of drug-likeness (QED) is 0.589. The van der Waals surface area contributed by atoms with Gasteiger partial charge in [0.25, 0.3) is 0 Å². The van der Waals surface area contributed by atoms with Crippen LogP contribution in [-0.4, -0.2) is 13.3 Å². The van der Waals surface area contributed by atoms with Crippen LogP contribution in [0.5, 0.6) is 0 Å². The lowest BCUT2D eigenvalue weighted by molar-refractivity contribution is 0.210. The van der Waals surface area contributed by atoms with Crippen LogP contribution < -0.4 is 0 Å². The van der Waals surface area contributed by atoms with Gasteiger partial charge < -0.3 is 4.74 Å². The van der Waals surface area contributed by atoms with Crippen molar-refractivity contribution in [1.82, 2.24) is 0 Å². The predicted molar refractivity (Wildman–Crippen MR) is 51.2 cm³/mol. The molecule has 1 aliphatic rings. The van der Waals surface area contributed by atoms with Crippen molar-refractivity contribution in [3.8, 4) is 0 Å². The Hall–Kier alpha value is -1.05. The fourth-order valence-electron chi connectivity index (χ4n) is 1.41. The maximum atomic E-state index is 5.44. The van der Waals surface area contributed by atoms with Gasteiger partial charge in [0.15, 0.2) is 0 Å². The van der Waals surface area contributed by atoms with E-state index in [-0.39, 0.29) is 0 Å². The molecule has 0 saturated heterocycles. The zero-order valence-corrected chi connectivity index (χ0v) is 7.60. The van der Waals surface area contributed by atoms with Crippen molar-refractivity contribution < 1.29 is 4.74 Å². The maximum Gasteiger partial charge on any atom is 0.122 e. The zero-order valence-electron chi connectivity index (χ0n) is 7.60. The lowest BCUT2D eigenvalue weighted by atomic mass is 9.99. The van der Waals surface area contributed by atoms with Gasteiger partial charge in [-0.1, -0.05) is 6.58 Å². The fraction of sp³-hybridized carbons (Fsp3) is 0.500. The van der Waals surface area contributed by atoms with Gasteiger partial charge in [-0.3, -0.25) is 4.99 Å². The third kappa shape index (κ3) is 1.76. The van der Waals surface area contributed by atoms with Crippen LogP contribution >= 0.6 is 0 Å². The van der Waals surface area contributed by atoms with Gasteiger partial charge in [0.2, 0.25) is 0 Å². The molecule has 2 heteroatoms. The summed E-state index contributed by atoms with van der Waals surface area (Å²) in [4.78, 5) is 3.93. The molecule has 2 nitrogen and oxygen atoms in total. The monoisotopic (exact) mass is 165 g/mol. The molecule has 0 aromatic rings. The second kappa shape index (κ2) is 4.10. The summed E-state index contributed by atoms with van der Waals surface area (Å²) in [5, 5.41) is 0. The van der Waals surface area contributed by atoms with E-state index in [9.17, 15) is 0 Å². The molecule has 1 aliphatic carbocycles. The highest BCUT2D eigenvalue weighted by molar-refractivity contribution is 5.40. The second-order valence-electron chi connectivity index (χ2n) is 2.82. The highest BCUT2D eigenvalue weighted by atomic mass is 16.5. The first-order valence-electron chi connectivity index (χ1n) is 4.30.